The first kappa shape index (κ1) is 19.9. The first-order chi connectivity index (χ1) is 14.4. The molecule has 2 aromatic rings. The lowest BCUT2D eigenvalue weighted by atomic mass is 9.95. The number of hydrogen-bond donors (Lipinski definition) is 1. The van der Waals surface area contributed by atoms with Gasteiger partial charge in [-0.3, -0.25) is 19.7 Å². The number of amides is 2. The number of anilines is 3. The van der Waals surface area contributed by atoms with Crippen molar-refractivity contribution in [2.75, 3.05) is 34.8 Å². The molecule has 30 heavy (non-hydrogen) atoms. The van der Waals surface area contributed by atoms with Gasteiger partial charge in [0.25, 0.3) is 5.69 Å². The number of rotatable bonds is 4. The van der Waals surface area contributed by atoms with Gasteiger partial charge in [0.1, 0.15) is 5.69 Å². The summed E-state index contributed by atoms with van der Waals surface area (Å²) in [4.78, 5) is 39.1. The van der Waals surface area contributed by atoms with E-state index in [4.69, 9.17) is 0 Å². The van der Waals surface area contributed by atoms with Crippen molar-refractivity contribution < 1.29 is 14.5 Å². The second-order valence-electron chi connectivity index (χ2n) is 7.76. The van der Waals surface area contributed by atoms with Gasteiger partial charge in [-0.05, 0) is 49.1 Å². The van der Waals surface area contributed by atoms with Gasteiger partial charge in [-0.2, -0.15) is 0 Å². The number of nitro benzene ring substituents is 1. The molecule has 0 atom stereocenters. The summed E-state index contributed by atoms with van der Waals surface area (Å²) in [6, 6.07) is 12.4. The quantitative estimate of drug-likeness (QED) is 0.618. The van der Waals surface area contributed by atoms with E-state index in [0.29, 0.717) is 38.2 Å². The first-order valence-corrected chi connectivity index (χ1v) is 10.1. The van der Waals surface area contributed by atoms with Crippen LogP contribution in [0, 0.1) is 16.0 Å². The average Bonchev–Trinajstić information content (AvgIpc) is 3.17. The highest BCUT2D eigenvalue weighted by atomic mass is 16.6. The van der Waals surface area contributed by atoms with Crippen molar-refractivity contribution >= 4 is 34.6 Å². The van der Waals surface area contributed by atoms with Crippen LogP contribution in [0.4, 0.5) is 22.7 Å². The molecular formula is C22H24N4O4. The second-order valence-corrected chi connectivity index (χ2v) is 7.76. The zero-order valence-electron chi connectivity index (χ0n) is 16.8. The monoisotopic (exact) mass is 408 g/mol. The van der Waals surface area contributed by atoms with E-state index < -0.39 is 0 Å². The van der Waals surface area contributed by atoms with Crippen LogP contribution in [0.1, 0.15) is 25.3 Å². The third-order valence-corrected chi connectivity index (χ3v) is 5.91. The maximum Gasteiger partial charge on any atom is 0.292 e. The van der Waals surface area contributed by atoms with Crippen molar-refractivity contribution in [2.24, 2.45) is 5.92 Å². The van der Waals surface area contributed by atoms with Gasteiger partial charge in [0.05, 0.1) is 4.92 Å². The number of para-hydroxylation sites is 2. The molecular weight excluding hydrogens is 384 g/mol. The summed E-state index contributed by atoms with van der Waals surface area (Å²) in [6.45, 7) is 3.43. The minimum Gasteiger partial charge on any atom is -0.366 e. The fourth-order valence-electron chi connectivity index (χ4n) is 4.32. The van der Waals surface area contributed by atoms with Crippen molar-refractivity contribution in [1.29, 1.82) is 0 Å². The van der Waals surface area contributed by atoms with Crippen LogP contribution in [0.2, 0.25) is 0 Å². The molecule has 8 nitrogen and oxygen atoms in total. The second kappa shape index (κ2) is 8.14. The zero-order chi connectivity index (χ0) is 21.3. The van der Waals surface area contributed by atoms with E-state index in [-0.39, 0.29) is 28.3 Å². The van der Waals surface area contributed by atoms with Crippen LogP contribution in [0.3, 0.4) is 0 Å². The number of benzene rings is 2. The molecule has 2 amide bonds. The standard InChI is InChI=1S/C22H24N4O4/c1-15(27)25-13-10-17-14-18(6-7-19(17)25)23-22(28)16-8-11-24(12-9-16)20-4-2-3-5-21(20)26(29)30/h2-7,14,16H,8-13H2,1H3,(H,23,28). The van der Waals surface area contributed by atoms with Gasteiger partial charge in [0.15, 0.2) is 0 Å². The van der Waals surface area contributed by atoms with E-state index >= 15 is 0 Å². The molecule has 0 spiro atoms. The Morgan fingerprint density at radius 2 is 1.80 bits per heavy atom. The number of carbonyl (C=O) groups is 2. The highest BCUT2D eigenvalue weighted by Crippen LogP contribution is 2.33. The SMILES string of the molecule is CC(=O)N1CCc2cc(NC(=O)C3CCN(c4ccccc4[N+](=O)[O-])CC3)ccc21. The molecule has 0 saturated carbocycles. The predicted octanol–water partition coefficient (Wildman–Crippen LogP) is 3.36. The van der Waals surface area contributed by atoms with Crippen LogP contribution in [-0.4, -0.2) is 36.4 Å². The van der Waals surface area contributed by atoms with Crippen molar-refractivity contribution in [3.8, 4) is 0 Å². The van der Waals surface area contributed by atoms with E-state index in [1.165, 1.54) is 6.07 Å². The van der Waals surface area contributed by atoms with E-state index in [1.807, 2.05) is 23.1 Å². The molecule has 2 aliphatic rings. The topological polar surface area (TPSA) is 95.8 Å². The smallest absolute Gasteiger partial charge is 0.292 e. The lowest BCUT2D eigenvalue weighted by molar-refractivity contribution is -0.384. The molecule has 1 saturated heterocycles. The Labute approximate surface area is 174 Å². The van der Waals surface area contributed by atoms with Crippen LogP contribution in [-0.2, 0) is 16.0 Å². The van der Waals surface area contributed by atoms with E-state index in [1.54, 1.807) is 30.0 Å². The minimum atomic E-state index is -0.366. The largest absolute Gasteiger partial charge is 0.366 e. The molecule has 0 aliphatic carbocycles. The summed E-state index contributed by atoms with van der Waals surface area (Å²) >= 11 is 0. The number of nitrogens with zero attached hydrogens (tertiary/aromatic N) is 3. The lowest BCUT2D eigenvalue weighted by Gasteiger charge is -2.32. The number of piperidine rings is 1. The van der Waals surface area contributed by atoms with Gasteiger partial charge in [-0.15, -0.1) is 0 Å². The fourth-order valence-corrected chi connectivity index (χ4v) is 4.32. The number of nitro groups is 1. The highest BCUT2D eigenvalue weighted by Gasteiger charge is 2.28. The highest BCUT2D eigenvalue weighted by molar-refractivity contribution is 5.96. The van der Waals surface area contributed by atoms with Gasteiger partial charge in [-0.1, -0.05) is 12.1 Å². The summed E-state index contributed by atoms with van der Waals surface area (Å²) in [5.41, 5.74) is 3.42. The van der Waals surface area contributed by atoms with Crippen LogP contribution in [0.5, 0.6) is 0 Å². The van der Waals surface area contributed by atoms with Crippen molar-refractivity contribution in [1.82, 2.24) is 0 Å². The van der Waals surface area contributed by atoms with Gasteiger partial charge < -0.3 is 15.1 Å². The molecule has 156 valence electrons. The van der Waals surface area contributed by atoms with Gasteiger partial charge in [0.2, 0.25) is 11.8 Å². The van der Waals surface area contributed by atoms with Gasteiger partial charge in [-0.25, -0.2) is 0 Å². The number of hydrogen-bond acceptors (Lipinski definition) is 5. The summed E-state index contributed by atoms with van der Waals surface area (Å²) in [7, 11) is 0. The molecule has 1 fully saturated rings. The van der Waals surface area contributed by atoms with E-state index in [0.717, 1.165) is 23.4 Å². The third kappa shape index (κ3) is 3.85. The Balaban J connectivity index is 1.38. The Hall–Kier alpha value is -3.42. The normalized spacial score (nSPS) is 16.3. The summed E-state index contributed by atoms with van der Waals surface area (Å²) < 4.78 is 0. The molecule has 2 aromatic carbocycles. The third-order valence-electron chi connectivity index (χ3n) is 5.91. The molecule has 0 radical (unpaired) electrons. The molecule has 8 heteroatoms. The number of fused-ring (bicyclic) bond motifs is 1. The Morgan fingerprint density at radius 1 is 1.07 bits per heavy atom. The molecule has 4 rings (SSSR count). The molecule has 0 unspecified atom stereocenters. The van der Waals surface area contributed by atoms with Gasteiger partial charge >= 0.3 is 0 Å². The van der Waals surface area contributed by atoms with E-state index in [9.17, 15) is 19.7 Å². The summed E-state index contributed by atoms with van der Waals surface area (Å²) in [5, 5.41) is 14.3. The number of carbonyl (C=O) groups excluding carboxylic acids is 2. The first-order valence-electron chi connectivity index (χ1n) is 10.1. The number of nitrogens with one attached hydrogen (secondary N) is 1. The van der Waals surface area contributed by atoms with Crippen molar-refractivity contribution in [2.45, 2.75) is 26.2 Å². The molecule has 0 bridgehead atoms. The van der Waals surface area contributed by atoms with E-state index in [2.05, 4.69) is 5.32 Å². The van der Waals surface area contributed by atoms with Crippen molar-refractivity contribution in [3.63, 3.8) is 0 Å². The van der Waals surface area contributed by atoms with Crippen LogP contribution in [0.15, 0.2) is 42.5 Å². The van der Waals surface area contributed by atoms with Crippen LogP contribution >= 0.6 is 0 Å². The maximum atomic E-state index is 12.8. The van der Waals surface area contributed by atoms with Crippen LogP contribution in [0.25, 0.3) is 0 Å². The molecule has 2 aliphatic heterocycles. The van der Waals surface area contributed by atoms with Gasteiger partial charge in [0, 0.05) is 49.9 Å². The Bertz CT molecular complexity index is 998. The minimum absolute atomic E-state index is 0.0240. The average molecular weight is 408 g/mol. The fraction of sp³-hybridized carbons (Fsp3) is 0.364. The summed E-state index contributed by atoms with van der Waals surface area (Å²) in [5.74, 6) is -0.138. The van der Waals surface area contributed by atoms with Crippen molar-refractivity contribution in [3.05, 3.63) is 58.1 Å². The van der Waals surface area contributed by atoms with Crippen LogP contribution < -0.4 is 15.1 Å². The Kier molecular flexibility index (Phi) is 5.39. The summed E-state index contributed by atoms with van der Waals surface area (Å²) in [6.07, 6.45) is 2.06. The molecule has 0 aromatic heterocycles. The maximum absolute atomic E-state index is 12.8. The predicted molar refractivity (Wildman–Crippen MR) is 115 cm³/mol. The molecule has 2 heterocycles. The zero-order valence-corrected chi connectivity index (χ0v) is 16.8. The Morgan fingerprint density at radius 3 is 2.50 bits per heavy atom. The lowest BCUT2D eigenvalue weighted by Crippen LogP contribution is -2.38. The molecule has 1 N–H and O–H groups in total.